The summed E-state index contributed by atoms with van der Waals surface area (Å²) in [6.45, 7) is 9.65. The maximum Gasteiger partial charge on any atom is 0.0541 e. The van der Waals surface area contributed by atoms with Crippen molar-refractivity contribution in [3.63, 3.8) is 0 Å². The number of rotatable bonds is 2. The lowest BCUT2D eigenvalue weighted by Crippen LogP contribution is -2.19. The van der Waals surface area contributed by atoms with Crippen molar-refractivity contribution in [1.29, 1.82) is 0 Å². The summed E-state index contributed by atoms with van der Waals surface area (Å²) in [5, 5.41) is 5.18. The Bertz CT molecular complexity index is 2620. The fraction of sp³-hybridized carbons (Fsp3) is 0.125. The number of para-hydroxylation sites is 4. The molecule has 0 saturated carbocycles. The van der Waals surface area contributed by atoms with Gasteiger partial charge in [0.1, 0.15) is 0 Å². The zero-order valence-corrected chi connectivity index (χ0v) is 28.8. The molecule has 0 unspecified atom stereocenters. The fourth-order valence-electron chi connectivity index (χ4n) is 9.62. The highest BCUT2D eigenvalue weighted by atomic mass is 15.0. The van der Waals surface area contributed by atoms with E-state index in [4.69, 9.17) is 0 Å². The zero-order chi connectivity index (χ0) is 33.5. The average Bonchev–Trinajstić information content (AvgIpc) is 3.80. The largest absolute Gasteiger partial charge is 0.309 e. The molecule has 2 aromatic heterocycles. The van der Waals surface area contributed by atoms with E-state index in [1.165, 1.54) is 99.5 Å². The zero-order valence-electron chi connectivity index (χ0n) is 28.8. The van der Waals surface area contributed by atoms with Gasteiger partial charge in [-0.25, -0.2) is 0 Å². The van der Waals surface area contributed by atoms with Crippen molar-refractivity contribution in [3.8, 4) is 33.6 Å². The monoisotopic (exact) mass is 640 g/mol. The van der Waals surface area contributed by atoms with Crippen molar-refractivity contribution < 1.29 is 0 Å². The van der Waals surface area contributed by atoms with Gasteiger partial charge in [0, 0.05) is 43.7 Å². The van der Waals surface area contributed by atoms with Gasteiger partial charge in [0.25, 0.3) is 0 Å². The van der Waals surface area contributed by atoms with Gasteiger partial charge < -0.3 is 9.13 Å². The average molecular weight is 641 g/mol. The van der Waals surface area contributed by atoms with Crippen LogP contribution in [-0.2, 0) is 10.8 Å². The van der Waals surface area contributed by atoms with Crippen molar-refractivity contribution in [2.24, 2.45) is 0 Å². The van der Waals surface area contributed by atoms with Gasteiger partial charge in [-0.2, -0.15) is 0 Å². The molecular weight excluding hydrogens is 605 g/mol. The van der Waals surface area contributed by atoms with Crippen molar-refractivity contribution in [2.75, 3.05) is 0 Å². The Morgan fingerprint density at radius 3 is 1.00 bits per heavy atom. The Labute approximate surface area is 291 Å². The lowest BCUT2D eigenvalue weighted by atomic mass is 9.77. The summed E-state index contributed by atoms with van der Waals surface area (Å²) in [6.07, 6.45) is 0. The normalized spacial score (nSPS) is 15.1. The molecule has 0 atom stereocenters. The Kier molecular flexibility index (Phi) is 5.28. The summed E-state index contributed by atoms with van der Waals surface area (Å²) < 4.78 is 4.89. The molecule has 0 saturated heterocycles. The van der Waals surface area contributed by atoms with E-state index in [1.807, 2.05) is 0 Å². The van der Waals surface area contributed by atoms with Gasteiger partial charge in [0.05, 0.1) is 22.1 Å². The molecule has 0 amide bonds. The summed E-state index contributed by atoms with van der Waals surface area (Å²) in [5.41, 5.74) is 18.3. The van der Waals surface area contributed by atoms with E-state index in [9.17, 15) is 0 Å². The molecule has 2 heteroatoms. The molecule has 0 aliphatic heterocycles. The molecule has 0 N–H and O–H groups in total. The molecule has 238 valence electrons. The van der Waals surface area contributed by atoms with Crippen LogP contribution in [0, 0.1) is 0 Å². The molecule has 0 spiro atoms. The van der Waals surface area contributed by atoms with Gasteiger partial charge in [-0.1, -0.05) is 119 Å². The molecule has 2 heterocycles. The molecule has 0 bridgehead atoms. The van der Waals surface area contributed by atoms with Crippen LogP contribution >= 0.6 is 0 Å². The van der Waals surface area contributed by atoms with Gasteiger partial charge in [0.15, 0.2) is 0 Å². The van der Waals surface area contributed by atoms with E-state index in [0.29, 0.717) is 0 Å². The van der Waals surface area contributed by atoms with Crippen LogP contribution in [0.3, 0.4) is 0 Å². The summed E-state index contributed by atoms with van der Waals surface area (Å²) in [4.78, 5) is 0. The van der Waals surface area contributed by atoms with E-state index in [-0.39, 0.29) is 10.8 Å². The quantitative estimate of drug-likeness (QED) is 0.178. The maximum atomic E-state index is 2.55. The van der Waals surface area contributed by atoms with Crippen LogP contribution in [0.15, 0.2) is 146 Å². The Morgan fingerprint density at radius 1 is 0.320 bits per heavy atom. The Morgan fingerprint density at radius 2 is 0.640 bits per heavy atom. The van der Waals surface area contributed by atoms with Crippen LogP contribution in [-0.4, -0.2) is 9.13 Å². The first-order valence-electron chi connectivity index (χ1n) is 17.8. The molecule has 2 aliphatic rings. The second kappa shape index (κ2) is 9.43. The third kappa shape index (κ3) is 3.43. The molecule has 9 aromatic rings. The molecular formula is C48H36N2. The maximum absolute atomic E-state index is 2.55. The summed E-state index contributed by atoms with van der Waals surface area (Å²) in [6, 6.07) is 54.5. The predicted octanol–water partition coefficient (Wildman–Crippen LogP) is 12.5. The highest BCUT2D eigenvalue weighted by Crippen LogP contribution is 2.56. The summed E-state index contributed by atoms with van der Waals surface area (Å²) >= 11 is 0. The highest BCUT2D eigenvalue weighted by molar-refractivity contribution is 6.10. The summed E-state index contributed by atoms with van der Waals surface area (Å²) in [5.74, 6) is 0. The van der Waals surface area contributed by atoms with Crippen LogP contribution in [0.4, 0.5) is 0 Å². The number of benzene rings is 7. The van der Waals surface area contributed by atoms with E-state index >= 15 is 0 Å². The smallest absolute Gasteiger partial charge is 0.0541 e. The number of nitrogens with zero attached hydrogens (tertiary/aromatic N) is 2. The molecule has 50 heavy (non-hydrogen) atoms. The Hall–Kier alpha value is -5.86. The summed E-state index contributed by atoms with van der Waals surface area (Å²) in [7, 11) is 0. The number of hydrogen-bond acceptors (Lipinski definition) is 0. The van der Waals surface area contributed by atoms with Crippen molar-refractivity contribution in [3.05, 3.63) is 168 Å². The minimum atomic E-state index is -0.131. The third-order valence-corrected chi connectivity index (χ3v) is 12.1. The Balaban J connectivity index is 1.08. The van der Waals surface area contributed by atoms with E-state index < -0.39 is 0 Å². The van der Waals surface area contributed by atoms with Gasteiger partial charge in [0.2, 0.25) is 0 Å². The van der Waals surface area contributed by atoms with Crippen LogP contribution < -0.4 is 0 Å². The van der Waals surface area contributed by atoms with Gasteiger partial charge in [-0.3, -0.25) is 0 Å². The third-order valence-electron chi connectivity index (χ3n) is 12.1. The minimum Gasteiger partial charge on any atom is -0.309 e. The molecule has 0 radical (unpaired) electrons. The first-order chi connectivity index (χ1) is 24.3. The van der Waals surface area contributed by atoms with Crippen molar-refractivity contribution in [2.45, 2.75) is 38.5 Å². The van der Waals surface area contributed by atoms with Crippen LogP contribution in [0.2, 0.25) is 0 Å². The fourth-order valence-corrected chi connectivity index (χ4v) is 9.62. The molecule has 7 aromatic carbocycles. The van der Waals surface area contributed by atoms with Gasteiger partial charge >= 0.3 is 0 Å². The second-order valence-corrected chi connectivity index (χ2v) is 15.4. The van der Waals surface area contributed by atoms with Crippen molar-refractivity contribution >= 4 is 43.6 Å². The molecule has 0 fully saturated rings. The van der Waals surface area contributed by atoms with Crippen LogP contribution in [0.5, 0.6) is 0 Å². The lowest BCUT2D eigenvalue weighted by molar-refractivity contribution is 0.639. The predicted molar refractivity (Wildman–Crippen MR) is 210 cm³/mol. The van der Waals surface area contributed by atoms with Crippen LogP contribution in [0.25, 0.3) is 77.2 Å². The number of hydrogen-bond donors (Lipinski definition) is 0. The topological polar surface area (TPSA) is 9.86 Å². The molecule has 11 rings (SSSR count). The van der Waals surface area contributed by atoms with E-state index in [1.54, 1.807) is 0 Å². The number of fused-ring (bicyclic) bond motifs is 12. The van der Waals surface area contributed by atoms with Crippen molar-refractivity contribution in [1.82, 2.24) is 9.13 Å². The second-order valence-electron chi connectivity index (χ2n) is 15.4. The standard InChI is InChI=1S/C48H36N2/c1-47(2)39-25-29(49-43-17-9-5-13-33(43)34-14-6-10-18-44(34)49)21-23-31(39)37-27-38-32-24-22-30(26-40(32)48(3,4)42(38)28-41(37)47)50-45-19-11-7-15-35(45)36-16-8-12-20-46(36)50/h5-28H,1-4H3. The first-order valence-corrected chi connectivity index (χ1v) is 17.8. The molecule has 2 aliphatic carbocycles. The lowest BCUT2D eigenvalue weighted by Gasteiger charge is -2.26. The van der Waals surface area contributed by atoms with Gasteiger partial charge in [-0.15, -0.1) is 0 Å². The minimum absolute atomic E-state index is 0.131. The van der Waals surface area contributed by atoms with E-state index in [2.05, 4.69) is 182 Å². The SMILES string of the molecule is CC1(C)c2cc(-n3c4ccccc4c4ccccc43)ccc2-c2cc3c(cc21)C(C)(C)c1cc(-n2c4ccccc4c4ccccc42)ccc1-3. The number of aromatic nitrogens is 2. The van der Waals surface area contributed by atoms with Gasteiger partial charge in [-0.05, 0) is 99.1 Å². The first kappa shape index (κ1) is 28.0. The van der Waals surface area contributed by atoms with E-state index in [0.717, 1.165) is 0 Å². The molecule has 2 nitrogen and oxygen atoms in total. The highest BCUT2D eigenvalue weighted by Gasteiger charge is 2.42. The van der Waals surface area contributed by atoms with Crippen LogP contribution in [0.1, 0.15) is 49.9 Å².